The molecule has 1 amide bonds. The lowest BCUT2D eigenvalue weighted by Crippen LogP contribution is -2.19. The Morgan fingerprint density at radius 3 is 2.58 bits per heavy atom. The molecule has 2 aromatic carbocycles. The lowest BCUT2D eigenvalue weighted by Gasteiger charge is -2.11. The molecule has 0 saturated heterocycles. The summed E-state index contributed by atoms with van der Waals surface area (Å²) in [6, 6.07) is 16.5. The van der Waals surface area contributed by atoms with Crippen molar-refractivity contribution in [3.8, 4) is 11.6 Å². The molecule has 0 aliphatic heterocycles. The first kappa shape index (κ1) is 20.4. The highest BCUT2D eigenvalue weighted by Crippen LogP contribution is 2.21. The van der Waals surface area contributed by atoms with E-state index in [1.54, 1.807) is 41.9 Å². The number of nitrogens with zero attached hydrogens (tertiary/aromatic N) is 5. The van der Waals surface area contributed by atoms with Gasteiger partial charge < -0.3 is 5.32 Å². The summed E-state index contributed by atoms with van der Waals surface area (Å²) < 4.78 is 3.06. The molecule has 3 aromatic heterocycles. The normalized spacial score (nSPS) is 11.1. The highest BCUT2D eigenvalue weighted by Gasteiger charge is 2.18. The van der Waals surface area contributed by atoms with Crippen LogP contribution in [0, 0.1) is 20.8 Å². The van der Waals surface area contributed by atoms with Crippen molar-refractivity contribution in [2.24, 2.45) is 0 Å². The second-order valence-corrected chi connectivity index (χ2v) is 7.81. The molecular weight excluding hydrogens is 418 g/mol. The van der Waals surface area contributed by atoms with Gasteiger partial charge in [0.2, 0.25) is 5.95 Å². The van der Waals surface area contributed by atoms with Crippen molar-refractivity contribution >= 4 is 22.8 Å². The fraction of sp³-hybridized carbons (Fsp3) is 0.125. The van der Waals surface area contributed by atoms with Crippen molar-refractivity contribution in [2.45, 2.75) is 20.8 Å². The van der Waals surface area contributed by atoms with E-state index in [4.69, 9.17) is 0 Å². The fourth-order valence-electron chi connectivity index (χ4n) is 3.68. The maximum atomic E-state index is 12.9. The highest BCUT2D eigenvalue weighted by molar-refractivity contribution is 6.03. The maximum absolute atomic E-state index is 12.9. The lowest BCUT2D eigenvalue weighted by molar-refractivity contribution is 0.102. The minimum atomic E-state index is -0.347. The third-order valence-corrected chi connectivity index (χ3v) is 5.54. The van der Waals surface area contributed by atoms with Crippen LogP contribution in [0.15, 0.2) is 65.6 Å². The van der Waals surface area contributed by atoms with Crippen molar-refractivity contribution in [3.63, 3.8) is 0 Å². The van der Waals surface area contributed by atoms with Crippen molar-refractivity contribution in [1.82, 2.24) is 29.5 Å². The number of hydrogen-bond donors (Lipinski definition) is 2. The second kappa shape index (κ2) is 7.86. The molecule has 0 spiro atoms. The zero-order valence-corrected chi connectivity index (χ0v) is 18.3. The van der Waals surface area contributed by atoms with Gasteiger partial charge in [0.15, 0.2) is 5.65 Å². The predicted octanol–water partition coefficient (Wildman–Crippen LogP) is 3.47. The Morgan fingerprint density at radius 2 is 1.79 bits per heavy atom. The van der Waals surface area contributed by atoms with E-state index in [0.717, 1.165) is 16.8 Å². The third kappa shape index (κ3) is 3.59. The van der Waals surface area contributed by atoms with Gasteiger partial charge in [-0.2, -0.15) is 19.9 Å². The molecule has 5 rings (SSSR count). The van der Waals surface area contributed by atoms with Crippen molar-refractivity contribution < 1.29 is 4.79 Å². The van der Waals surface area contributed by atoms with Crippen LogP contribution in [-0.4, -0.2) is 35.4 Å². The van der Waals surface area contributed by atoms with E-state index >= 15 is 0 Å². The molecule has 0 fully saturated rings. The Bertz CT molecular complexity index is 1560. The summed E-state index contributed by atoms with van der Waals surface area (Å²) >= 11 is 0. The fourth-order valence-corrected chi connectivity index (χ4v) is 3.68. The monoisotopic (exact) mass is 439 g/mol. The Morgan fingerprint density at radius 1 is 1.00 bits per heavy atom. The Hall–Kier alpha value is -4.53. The molecule has 9 heteroatoms. The molecule has 0 atom stereocenters. The number of anilines is 1. The number of aromatic amines is 1. The van der Waals surface area contributed by atoms with Crippen LogP contribution in [0.1, 0.15) is 27.2 Å². The van der Waals surface area contributed by atoms with E-state index in [2.05, 4.69) is 25.5 Å². The van der Waals surface area contributed by atoms with Crippen LogP contribution in [0.3, 0.4) is 0 Å². The summed E-state index contributed by atoms with van der Waals surface area (Å²) in [5.74, 6) is 0.276. The summed E-state index contributed by atoms with van der Waals surface area (Å²) in [6.45, 7) is 5.82. The number of nitrogens with one attached hydrogen (secondary N) is 2. The highest BCUT2D eigenvalue weighted by atomic mass is 16.2. The summed E-state index contributed by atoms with van der Waals surface area (Å²) in [7, 11) is 0. The van der Waals surface area contributed by atoms with Crippen LogP contribution in [0.2, 0.25) is 0 Å². The zero-order chi connectivity index (χ0) is 23.1. The smallest absolute Gasteiger partial charge is 0.263 e. The molecule has 3 heterocycles. The number of hydrogen-bond acceptors (Lipinski definition) is 5. The van der Waals surface area contributed by atoms with Gasteiger partial charge in [-0.3, -0.25) is 14.6 Å². The number of benzene rings is 2. The predicted molar refractivity (Wildman–Crippen MR) is 125 cm³/mol. The molecule has 0 saturated carbocycles. The number of aromatic nitrogens is 6. The van der Waals surface area contributed by atoms with E-state index in [1.807, 2.05) is 38.1 Å². The van der Waals surface area contributed by atoms with Gasteiger partial charge in [0.25, 0.3) is 11.5 Å². The molecule has 164 valence electrons. The minimum absolute atomic E-state index is 0.177. The summed E-state index contributed by atoms with van der Waals surface area (Å²) in [6.07, 6.45) is 1.50. The molecular formula is C24H21N7O2. The number of carbonyl (C=O) groups is 1. The first-order valence-electron chi connectivity index (χ1n) is 10.4. The topological polar surface area (TPSA) is 110 Å². The van der Waals surface area contributed by atoms with Gasteiger partial charge in [0.1, 0.15) is 11.2 Å². The quantitative estimate of drug-likeness (QED) is 0.446. The number of H-pyrrole nitrogens is 1. The molecule has 0 radical (unpaired) electrons. The van der Waals surface area contributed by atoms with Crippen LogP contribution < -0.4 is 10.9 Å². The van der Waals surface area contributed by atoms with Gasteiger partial charge in [-0.25, -0.2) is 4.68 Å². The van der Waals surface area contributed by atoms with E-state index in [1.165, 1.54) is 10.9 Å². The number of rotatable bonds is 4. The maximum Gasteiger partial charge on any atom is 0.263 e. The number of fused-ring (bicyclic) bond motifs is 1. The average Bonchev–Trinajstić information content (AvgIpc) is 3.40. The van der Waals surface area contributed by atoms with Crippen LogP contribution in [0.25, 0.3) is 22.7 Å². The van der Waals surface area contributed by atoms with Crippen LogP contribution >= 0.6 is 0 Å². The minimum Gasteiger partial charge on any atom is -0.306 e. The van der Waals surface area contributed by atoms with E-state index in [-0.39, 0.29) is 17.4 Å². The molecule has 5 aromatic rings. The summed E-state index contributed by atoms with van der Waals surface area (Å²) in [5, 5.41) is 12.1. The molecule has 33 heavy (non-hydrogen) atoms. The van der Waals surface area contributed by atoms with Gasteiger partial charge in [-0.05, 0) is 50.1 Å². The van der Waals surface area contributed by atoms with Crippen LogP contribution in [-0.2, 0) is 0 Å². The summed E-state index contributed by atoms with van der Waals surface area (Å²) in [5.41, 5.74) is 4.20. The molecule has 9 nitrogen and oxygen atoms in total. The Kier molecular flexibility index (Phi) is 4.86. The Labute approximate surface area is 188 Å². The van der Waals surface area contributed by atoms with Gasteiger partial charge in [0, 0.05) is 11.6 Å². The number of amides is 1. The SMILES string of the molecule is Cc1cc(NC(=O)c2ccccc2)n(-c2nc3c(cnn3-c3cccc(C)c3C)c(=O)[nH]2)n1. The van der Waals surface area contributed by atoms with Gasteiger partial charge in [-0.1, -0.05) is 30.3 Å². The second-order valence-electron chi connectivity index (χ2n) is 7.81. The largest absolute Gasteiger partial charge is 0.306 e. The Balaban J connectivity index is 1.62. The molecule has 0 unspecified atom stereocenters. The van der Waals surface area contributed by atoms with Crippen molar-refractivity contribution in [1.29, 1.82) is 0 Å². The van der Waals surface area contributed by atoms with E-state index in [9.17, 15) is 9.59 Å². The molecule has 0 aliphatic rings. The number of aryl methyl sites for hydroxylation is 2. The molecule has 0 aliphatic carbocycles. The van der Waals surface area contributed by atoms with E-state index < -0.39 is 0 Å². The van der Waals surface area contributed by atoms with Gasteiger partial charge in [-0.15, -0.1) is 0 Å². The molecule has 2 N–H and O–H groups in total. The molecule has 0 bridgehead atoms. The number of carbonyl (C=O) groups excluding carboxylic acids is 1. The van der Waals surface area contributed by atoms with Crippen molar-refractivity contribution in [2.75, 3.05) is 5.32 Å². The van der Waals surface area contributed by atoms with Crippen LogP contribution in [0.5, 0.6) is 0 Å². The first-order chi connectivity index (χ1) is 15.9. The average molecular weight is 439 g/mol. The first-order valence-corrected chi connectivity index (χ1v) is 10.4. The van der Waals surface area contributed by atoms with E-state index in [0.29, 0.717) is 28.1 Å². The van der Waals surface area contributed by atoms with Gasteiger partial charge >= 0.3 is 0 Å². The van der Waals surface area contributed by atoms with Crippen molar-refractivity contribution in [3.05, 3.63) is 93.5 Å². The van der Waals surface area contributed by atoms with Crippen LogP contribution in [0.4, 0.5) is 5.82 Å². The third-order valence-electron chi connectivity index (χ3n) is 5.54. The zero-order valence-electron chi connectivity index (χ0n) is 18.3. The van der Waals surface area contributed by atoms with Gasteiger partial charge in [0.05, 0.1) is 17.6 Å². The lowest BCUT2D eigenvalue weighted by atomic mass is 10.1. The standard InChI is InChI=1S/C24H21N7O2/c1-14-8-7-11-19(16(14)3)30-21-18(13-25-30)23(33)28-24(27-21)31-20(12-15(2)29-31)26-22(32)17-9-5-4-6-10-17/h4-13H,1-3H3,(H,26,32)(H,27,28,33). The summed E-state index contributed by atoms with van der Waals surface area (Å²) in [4.78, 5) is 33.0.